The number of nitrogens with one attached hydrogen (secondary N) is 1. The molecule has 3 atom stereocenters. The van der Waals surface area contributed by atoms with Crippen LogP contribution in [0.5, 0.6) is 0 Å². The quantitative estimate of drug-likeness (QED) is 0.790. The first-order valence-corrected chi connectivity index (χ1v) is 7.43. The maximum absolute atomic E-state index is 5.78. The average Bonchev–Trinajstić information content (AvgIpc) is 2.21. The van der Waals surface area contributed by atoms with Gasteiger partial charge in [0.15, 0.2) is 0 Å². The maximum Gasteiger partial charge on any atom is 0.0565 e. The molecule has 1 aliphatic heterocycles. The van der Waals surface area contributed by atoms with Gasteiger partial charge in [0.25, 0.3) is 0 Å². The molecule has 1 fully saturated rings. The van der Waals surface area contributed by atoms with Gasteiger partial charge >= 0.3 is 0 Å². The molecule has 3 nitrogen and oxygen atoms in total. The molecule has 0 aromatic carbocycles. The van der Waals surface area contributed by atoms with Crippen LogP contribution < -0.4 is 5.32 Å². The first-order valence-electron chi connectivity index (χ1n) is 7.43. The number of hydrogen-bond acceptors (Lipinski definition) is 3. The van der Waals surface area contributed by atoms with E-state index in [4.69, 9.17) is 4.74 Å². The summed E-state index contributed by atoms with van der Waals surface area (Å²) in [6, 6.07) is 1.26. The van der Waals surface area contributed by atoms with Crippen molar-refractivity contribution in [3.8, 4) is 0 Å². The summed E-state index contributed by atoms with van der Waals surface area (Å²) in [7, 11) is 4.37. The second kappa shape index (κ2) is 7.46. The number of hydrogen-bond donors (Lipinski definition) is 1. The number of rotatable bonds is 6. The lowest BCUT2D eigenvalue weighted by Gasteiger charge is -2.35. The van der Waals surface area contributed by atoms with E-state index in [1.54, 1.807) is 0 Å². The second-order valence-corrected chi connectivity index (χ2v) is 6.58. The molecule has 18 heavy (non-hydrogen) atoms. The summed E-state index contributed by atoms with van der Waals surface area (Å²) in [5, 5.41) is 3.75. The molecule has 108 valence electrons. The number of likely N-dealkylation sites (N-methyl/N-ethyl adjacent to an activating group) is 1. The zero-order valence-corrected chi connectivity index (χ0v) is 13.1. The van der Waals surface area contributed by atoms with E-state index in [9.17, 15) is 0 Å². The van der Waals surface area contributed by atoms with Gasteiger partial charge in [-0.3, -0.25) is 0 Å². The molecule has 1 heterocycles. The third kappa shape index (κ3) is 5.68. The SMILES string of the molecule is CC(C)CC(CNC1CC(C)OC(C)C1)N(C)C. The standard InChI is InChI=1S/C15H32N2O/c1-11(2)7-15(17(5)6)10-16-14-8-12(3)18-13(4)9-14/h11-16H,7-10H2,1-6H3. The molecule has 0 radical (unpaired) electrons. The molecule has 1 N–H and O–H groups in total. The minimum Gasteiger partial charge on any atom is -0.375 e. The summed E-state index contributed by atoms with van der Waals surface area (Å²) in [5.74, 6) is 0.756. The smallest absolute Gasteiger partial charge is 0.0565 e. The Bertz CT molecular complexity index is 221. The molecule has 1 saturated heterocycles. The minimum absolute atomic E-state index is 0.397. The predicted molar refractivity (Wildman–Crippen MR) is 78.0 cm³/mol. The molecule has 0 aromatic rings. The van der Waals surface area contributed by atoms with Crippen molar-refractivity contribution in [2.24, 2.45) is 5.92 Å². The topological polar surface area (TPSA) is 24.5 Å². The Morgan fingerprint density at radius 1 is 1.17 bits per heavy atom. The van der Waals surface area contributed by atoms with Crippen LogP contribution in [0.1, 0.15) is 47.0 Å². The molecule has 0 aromatic heterocycles. The molecule has 0 saturated carbocycles. The Balaban J connectivity index is 2.36. The molecule has 0 aliphatic carbocycles. The molecule has 1 rings (SSSR count). The van der Waals surface area contributed by atoms with Crippen molar-refractivity contribution in [1.29, 1.82) is 0 Å². The summed E-state index contributed by atoms with van der Waals surface area (Å²) in [5.41, 5.74) is 0. The van der Waals surface area contributed by atoms with Gasteiger partial charge in [0.1, 0.15) is 0 Å². The molecule has 0 amide bonds. The molecular weight excluding hydrogens is 224 g/mol. The fourth-order valence-corrected chi connectivity index (χ4v) is 2.90. The summed E-state index contributed by atoms with van der Waals surface area (Å²) in [6.07, 6.45) is 4.34. The average molecular weight is 256 g/mol. The van der Waals surface area contributed by atoms with E-state index in [2.05, 4.69) is 52.0 Å². The molecule has 1 aliphatic rings. The first-order chi connectivity index (χ1) is 8.38. The van der Waals surface area contributed by atoms with Crippen LogP contribution in [-0.2, 0) is 4.74 Å². The molecule has 0 bridgehead atoms. The fourth-order valence-electron chi connectivity index (χ4n) is 2.90. The van der Waals surface area contributed by atoms with E-state index in [-0.39, 0.29) is 0 Å². The maximum atomic E-state index is 5.78. The highest BCUT2D eigenvalue weighted by atomic mass is 16.5. The molecule has 3 heteroatoms. The van der Waals surface area contributed by atoms with E-state index in [1.165, 1.54) is 6.42 Å². The van der Waals surface area contributed by atoms with Crippen molar-refractivity contribution in [2.45, 2.75) is 71.2 Å². The molecule has 3 unspecified atom stereocenters. The minimum atomic E-state index is 0.397. The van der Waals surface area contributed by atoms with Crippen LogP contribution in [0.2, 0.25) is 0 Å². The van der Waals surface area contributed by atoms with Crippen molar-refractivity contribution in [1.82, 2.24) is 10.2 Å². The van der Waals surface area contributed by atoms with Gasteiger partial charge in [0.2, 0.25) is 0 Å². The van der Waals surface area contributed by atoms with Crippen molar-refractivity contribution >= 4 is 0 Å². The summed E-state index contributed by atoms with van der Waals surface area (Å²) in [4.78, 5) is 2.35. The van der Waals surface area contributed by atoms with Crippen LogP contribution in [0, 0.1) is 5.92 Å². The first kappa shape index (κ1) is 15.9. The highest BCUT2D eigenvalue weighted by Crippen LogP contribution is 2.19. The Morgan fingerprint density at radius 2 is 1.72 bits per heavy atom. The van der Waals surface area contributed by atoms with Gasteiger partial charge < -0.3 is 15.0 Å². The van der Waals surface area contributed by atoms with Crippen LogP contribution in [-0.4, -0.2) is 49.8 Å². The van der Waals surface area contributed by atoms with Gasteiger partial charge in [-0.1, -0.05) is 13.8 Å². The molecule has 0 spiro atoms. The van der Waals surface area contributed by atoms with E-state index < -0.39 is 0 Å². The highest BCUT2D eigenvalue weighted by Gasteiger charge is 2.25. The van der Waals surface area contributed by atoms with Gasteiger partial charge in [-0.15, -0.1) is 0 Å². The van der Waals surface area contributed by atoms with Gasteiger partial charge in [-0.2, -0.15) is 0 Å². The zero-order chi connectivity index (χ0) is 13.7. The third-order valence-electron chi connectivity index (χ3n) is 3.81. The zero-order valence-electron chi connectivity index (χ0n) is 13.1. The Kier molecular flexibility index (Phi) is 6.61. The second-order valence-electron chi connectivity index (χ2n) is 6.58. The van der Waals surface area contributed by atoms with E-state index in [0.717, 1.165) is 25.3 Å². The van der Waals surface area contributed by atoms with Crippen LogP contribution in [0.4, 0.5) is 0 Å². The van der Waals surface area contributed by atoms with Gasteiger partial charge in [-0.25, -0.2) is 0 Å². The molecular formula is C15H32N2O. The van der Waals surface area contributed by atoms with E-state index in [0.29, 0.717) is 24.3 Å². The lowest BCUT2D eigenvalue weighted by molar-refractivity contribution is -0.0427. The fraction of sp³-hybridized carbons (Fsp3) is 1.00. The van der Waals surface area contributed by atoms with Gasteiger partial charge in [0, 0.05) is 18.6 Å². The van der Waals surface area contributed by atoms with Gasteiger partial charge in [-0.05, 0) is 53.1 Å². The number of ether oxygens (including phenoxy) is 1. The van der Waals surface area contributed by atoms with E-state index in [1.807, 2.05) is 0 Å². The van der Waals surface area contributed by atoms with Crippen molar-refractivity contribution in [3.05, 3.63) is 0 Å². The lowest BCUT2D eigenvalue weighted by atomic mass is 9.98. The third-order valence-corrected chi connectivity index (χ3v) is 3.81. The summed E-state index contributed by atoms with van der Waals surface area (Å²) in [6.45, 7) is 10.1. The monoisotopic (exact) mass is 256 g/mol. The van der Waals surface area contributed by atoms with E-state index >= 15 is 0 Å². The highest BCUT2D eigenvalue weighted by molar-refractivity contribution is 4.81. The summed E-state index contributed by atoms with van der Waals surface area (Å²) >= 11 is 0. The Labute approximate surface area is 113 Å². The van der Waals surface area contributed by atoms with Crippen molar-refractivity contribution < 1.29 is 4.74 Å². The van der Waals surface area contributed by atoms with Crippen LogP contribution in [0.3, 0.4) is 0 Å². The Morgan fingerprint density at radius 3 is 2.17 bits per heavy atom. The van der Waals surface area contributed by atoms with Crippen LogP contribution in [0.25, 0.3) is 0 Å². The summed E-state index contributed by atoms with van der Waals surface area (Å²) < 4.78 is 5.78. The normalized spacial score (nSPS) is 31.0. The Hall–Kier alpha value is -0.120. The number of nitrogens with zero attached hydrogens (tertiary/aromatic N) is 1. The predicted octanol–water partition coefficient (Wildman–Crippen LogP) is 2.51. The van der Waals surface area contributed by atoms with Crippen molar-refractivity contribution in [2.75, 3.05) is 20.6 Å². The van der Waals surface area contributed by atoms with Crippen molar-refractivity contribution in [3.63, 3.8) is 0 Å². The van der Waals surface area contributed by atoms with Gasteiger partial charge in [0.05, 0.1) is 12.2 Å². The lowest BCUT2D eigenvalue weighted by Crippen LogP contribution is -2.47. The largest absolute Gasteiger partial charge is 0.375 e. The van der Waals surface area contributed by atoms with Crippen LogP contribution in [0.15, 0.2) is 0 Å². The van der Waals surface area contributed by atoms with Crippen LogP contribution >= 0.6 is 0 Å².